The van der Waals surface area contributed by atoms with Gasteiger partial charge in [0, 0.05) is 5.41 Å². The normalized spacial score (nSPS) is 38.2. The van der Waals surface area contributed by atoms with Crippen LogP contribution in [0.1, 0.15) is 118 Å². The zero-order chi connectivity index (χ0) is 18.6. The van der Waals surface area contributed by atoms with Gasteiger partial charge in [0.1, 0.15) is 0 Å². The average Bonchev–Trinajstić information content (AvgIpc) is 3.15. The van der Waals surface area contributed by atoms with Gasteiger partial charge in [-0.25, -0.2) is 0 Å². The molecule has 3 aliphatic rings. The third-order valence-electron chi connectivity index (χ3n) is 8.08. The van der Waals surface area contributed by atoms with Gasteiger partial charge in [-0.1, -0.05) is 84.8 Å². The summed E-state index contributed by atoms with van der Waals surface area (Å²) < 4.78 is 0. The van der Waals surface area contributed by atoms with Gasteiger partial charge in [-0.05, 0) is 73.3 Å². The van der Waals surface area contributed by atoms with Gasteiger partial charge < -0.3 is 0 Å². The van der Waals surface area contributed by atoms with E-state index in [2.05, 4.69) is 39.8 Å². The Labute approximate surface area is 163 Å². The summed E-state index contributed by atoms with van der Waals surface area (Å²) in [4.78, 5) is 0. The molecular formula is C26H44. The Morgan fingerprint density at radius 1 is 1.00 bits per heavy atom. The molecule has 0 N–H and O–H groups in total. The van der Waals surface area contributed by atoms with Crippen LogP contribution in [0.3, 0.4) is 0 Å². The summed E-state index contributed by atoms with van der Waals surface area (Å²) in [6, 6.07) is 0. The fourth-order valence-electron chi connectivity index (χ4n) is 6.11. The second-order valence-electron chi connectivity index (χ2n) is 10.4. The van der Waals surface area contributed by atoms with Crippen molar-refractivity contribution in [1.82, 2.24) is 0 Å². The molecule has 2 unspecified atom stereocenters. The molecule has 0 heteroatoms. The fraction of sp³-hybridized carbons (Fsp3) is 0.846. The number of rotatable bonds is 6. The van der Waals surface area contributed by atoms with E-state index in [1.165, 1.54) is 89.9 Å². The van der Waals surface area contributed by atoms with Crippen molar-refractivity contribution in [3.05, 3.63) is 23.3 Å². The molecule has 0 aliphatic heterocycles. The van der Waals surface area contributed by atoms with Gasteiger partial charge >= 0.3 is 0 Å². The highest BCUT2D eigenvalue weighted by molar-refractivity contribution is 5.54. The van der Waals surface area contributed by atoms with Crippen molar-refractivity contribution in [1.29, 1.82) is 0 Å². The van der Waals surface area contributed by atoms with Crippen molar-refractivity contribution in [2.75, 3.05) is 0 Å². The smallest absolute Gasteiger partial charge is 0.0140 e. The summed E-state index contributed by atoms with van der Waals surface area (Å²) >= 11 is 0. The molecule has 26 heavy (non-hydrogen) atoms. The highest BCUT2D eigenvalue weighted by Gasteiger charge is 2.46. The molecule has 0 aromatic heterocycles. The van der Waals surface area contributed by atoms with E-state index in [9.17, 15) is 0 Å². The van der Waals surface area contributed by atoms with Gasteiger partial charge in [0.25, 0.3) is 0 Å². The van der Waals surface area contributed by atoms with Crippen molar-refractivity contribution in [2.45, 2.75) is 118 Å². The molecule has 0 amide bonds. The molecule has 3 aliphatic carbocycles. The van der Waals surface area contributed by atoms with Gasteiger partial charge in [-0.2, -0.15) is 0 Å². The van der Waals surface area contributed by atoms with E-state index < -0.39 is 0 Å². The highest BCUT2D eigenvalue weighted by Crippen LogP contribution is 2.59. The second kappa shape index (κ2) is 8.66. The standard InChI is InChI=1S/C26H44/c1-5-7-8-14-25(6-2)15-9-10-16-26(19-22(4)13-17-25)20-24(26)23-12-11-21(3)18-23/h12,20-22H,5-11,13-19H2,1-4H3/t21?,22-,25+,26?/m1/s1. The van der Waals surface area contributed by atoms with Gasteiger partial charge in [0.15, 0.2) is 0 Å². The van der Waals surface area contributed by atoms with E-state index in [-0.39, 0.29) is 0 Å². The van der Waals surface area contributed by atoms with E-state index in [0.29, 0.717) is 10.8 Å². The van der Waals surface area contributed by atoms with Crippen LogP contribution >= 0.6 is 0 Å². The minimum atomic E-state index is 0.518. The highest BCUT2D eigenvalue weighted by atomic mass is 14.5. The quantitative estimate of drug-likeness (QED) is 0.418. The Bertz CT molecular complexity index is 524. The third-order valence-corrected chi connectivity index (χ3v) is 8.08. The number of unbranched alkanes of at least 4 members (excludes halogenated alkanes) is 2. The predicted octanol–water partition coefficient (Wildman–Crippen LogP) is 8.63. The summed E-state index contributed by atoms with van der Waals surface area (Å²) in [5, 5.41) is 0. The third kappa shape index (κ3) is 4.66. The van der Waals surface area contributed by atoms with Crippen LogP contribution in [0.15, 0.2) is 23.3 Å². The van der Waals surface area contributed by atoms with Crippen LogP contribution in [0, 0.1) is 22.7 Å². The molecule has 1 saturated carbocycles. The first-order valence-electron chi connectivity index (χ1n) is 12.0. The average molecular weight is 357 g/mol. The number of hydrogen-bond acceptors (Lipinski definition) is 0. The first kappa shape index (κ1) is 20.2. The lowest BCUT2D eigenvalue weighted by Crippen LogP contribution is -2.23. The Balaban J connectivity index is 1.59. The maximum Gasteiger partial charge on any atom is 0.0140 e. The largest absolute Gasteiger partial charge is 0.0807 e. The maximum absolute atomic E-state index is 2.68. The number of hydrogen-bond donors (Lipinski definition) is 0. The topological polar surface area (TPSA) is 0 Å². The molecule has 0 nitrogen and oxygen atoms in total. The van der Waals surface area contributed by atoms with Crippen LogP contribution in [-0.2, 0) is 0 Å². The zero-order valence-electron chi connectivity index (χ0n) is 18.2. The van der Waals surface area contributed by atoms with Crippen LogP contribution in [0.4, 0.5) is 0 Å². The summed E-state index contributed by atoms with van der Waals surface area (Å²) in [5.74, 6) is 1.77. The minimum absolute atomic E-state index is 0.518. The minimum Gasteiger partial charge on any atom is -0.0807 e. The molecule has 1 spiro atoms. The van der Waals surface area contributed by atoms with Crippen LogP contribution in [0.5, 0.6) is 0 Å². The van der Waals surface area contributed by atoms with Gasteiger partial charge in [0.2, 0.25) is 0 Å². The van der Waals surface area contributed by atoms with Crippen molar-refractivity contribution in [3.8, 4) is 0 Å². The molecule has 0 bridgehead atoms. The first-order chi connectivity index (χ1) is 12.5. The van der Waals surface area contributed by atoms with Crippen molar-refractivity contribution < 1.29 is 0 Å². The summed E-state index contributed by atoms with van der Waals surface area (Å²) in [5.41, 5.74) is 4.68. The first-order valence-corrected chi connectivity index (χ1v) is 12.0. The molecule has 0 aromatic carbocycles. The van der Waals surface area contributed by atoms with E-state index in [1.807, 2.05) is 0 Å². The Hall–Kier alpha value is -0.520. The summed E-state index contributed by atoms with van der Waals surface area (Å²) in [6.45, 7) is 9.77. The number of allylic oxidation sites excluding steroid dienone is 4. The molecule has 0 aromatic rings. The molecule has 148 valence electrons. The fourth-order valence-corrected chi connectivity index (χ4v) is 6.11. The van der Waals surface area contributed by atoms with Gasteiger partial charge in [0.05, 0.1) is 0 Å². The molecule has 0 saturated heterocycles. The summed E-state index contributed by atoms with van der Waals surface area (Å²) in [6.07, 6.45) is 25.3. The van der Waals surface area contributed by atoms with Crippen LogP contribution in [-0.4, -0.2) is 0 Å². The molecule has 1 fully saturated rings. The maximum atomic E-state index is 2.68. The van der Waals surface area contributed by atoms with Gasteiger partial charge in [-0.15, -0.1) is 0 Å². The molecule has 0 radical (unpaired) electrons. The SMILES string of the molecule is CCCCC[C@@]1(CC)CCCCC2(C=C2C2=CCC(C)C2)C[C@H](C)CC1. The molecule has 4 atom stereocenters. The van der Waals surface area contributed by atoms with Crippen molar-refractivity contribution >= 4 is 0 Å². The van der Waals surface area contributed by atoms with Crippen molar-refractivity contribution in [3.63, 3.8) is 0 Å². The Morgan fingerprint density at radius 2 is 1.81 bits per heavy atom. The van der Waals surface area contributed by atoms with Crippen LogP contribution in [0.25, 0.3) is 0 Å². The molecule has 3 rings (SSSR count). The van der Waals surface area contributed by atoms with E-state index in [4.69, 9.17) is 0 Å². The lowest BCUT2D eigenvalue weighted by molar-refractivity contribution is 0.162. The lowest BCUT2D eigenvalue weighted by Gasteiger charge is -2.36. The molecular weight excluding hydrogens is 312 g/mol. The van der Waals surface area contributed by atoms with Crippen LogP contribution in [0.2, 0.25) is 0 Å². The van der Waals surface area contributed by atoms with E-state index in [1.54, 1.807) is 11.1 Å². The summed E-state index contributed by atoms with van der Waals surface area (Å²) in [7, 11) is 0. The lowest BCUT2D eigenvalue weighted by atomic mass is 9.69. The van der Waals surface area contributed by atoms with E-state index >= 15 is 0 Å². The monoisotopic (exact) mass is 356 g/mol. The van der Waals surface area contributed by atoms with Gasteiger partial charge in [-0.3, -0.25) is 0 Å². The van der Waals surface area contributed by atoms with Crippen LogP contribution < -0.4 is 0 Å². The second-order valence-corrected chi connectivity index (χ2v) is 10.4. The van der Waals surface area contributed by atoms with Crippen molar-refractivity contribution in [2.24, 2.45) is 22.7 Å². The zero-order valence-corrected chi connectivity index (χ0v) is 18.2. The Kier molecular flexibility index (Phi) is 6.73. The Morgan fingerprint density at radius 3 is 2.50 bits per heavy atom. The van der Waals surface area contributed by atoms with E-state index in [0.717, 1.165) is 11.8 Å². The predicted molar refractivity (Wildman–Crippen MR) is 115 cm³/mol. The molecule has 0 heterocycles.